The van der Waals surface area contributed by atoms with Gasteiger partial charge < -0.3 is 10.1 Å². The lowest BCUT2D eigenvalue weighted by Crippen LogP contribution is -1.99. The monoisotopic (exact) mass is 201 g/mol. The molecule has 2 N–H and O–H groups in total. The maximum absolute atomic E-state index is 10.5. The highest BCUT2D eigenvalue weighted by Gasteiger charge is 2.01. The number of benzene rings is 1. The van der Waals surface area contributed by atoms with E-state index < -0.39 is 5.97 Å². The van der Waals surface area contributed by atoms with Crippen LogP contribution in [0.2, 0.25) is 0 Å². The summed E-state index contributed by atoms with van der Waals surface area (Å²) in [6, 6.07) is 11.4. The molecule has 0 bridgehead atoms. The summed E-state index contributed by atoms with van der Waals surface area (Å²) in [5, 5.41) is 8.61. The lowest BCUT2D eigenvalue weighted by Gasteiger charge is -2.00. The molecular weight excluding hydrogens is 190 g/mol. The summed E-state index contributed by atoms with van der Waals surface area (Å²) >= 11 is 0. The van der Waals surface area contributed by atoms with Crippen molar-refractivity contribution in [1.29, 1.82) is 0 Å². The lowest BCUT2D eigenvalue weighted by molar-refractivity contribution is -0.136. The highest BCUT2D eigenvalue weighted by molar-refractivity contribution is 5.70. The molecule has 0 radical (unpaired) electrons. The van der Waals surface area contributed by atoms with E-state index >= 15 is 0 Å². The van der Waals surface area contributed by atoms with Crippen molar-refractivity contribution < 1.29 is 9.90 Å². The van der Waals surface area contributed by atoms with Gasteiger partial charge in [-0.3, -0.25) is 4.79 Å². The van der Waals surface area contributed by atoms with Crippen molar-refractivity contribution in [3.05, 3.63) is 48.2 Å². The molecular formula is C12H11NO2. The minimum absolute atomic E-state index is 0.0744. The van der Waals surface area contributed by atoms with Crippen molar-refractivity contribution in [1.82, 2.24) is 4.98 Å². The van der Waals surface area contributed by atoms with Gasteiger partial charge in [-0.15, -0.1) is 0 Å². The average Bonchev–Trinajstić information content (AvgIpc) is 2.71. The number of aliphatic carboxylic acids is 1. The molecule has 1 aromatic carbocycles. The largest absolute Gasteiger partial charge is 0.481 e. The Morgan fingerprint density at radius 1 is 1.20 bits per heavy atom. The van der Waals surface area contributed by atoms with Crippen LogP contribution in [-0.2, 0) is 11.2 Å². The molecule has 2 aromatic rings. The van der Waals surface area contributed by atoms with Gasteiger partial charge in [-0.25, -0.2) is 0 Å². The Hall–Kier alpha value is -2.03. The first-order chi connectivity index (χ1) is 7.25. The Bertz CT molecular complexity index is 443. The van der Waals surface area contributed by atoms with E-state index in [0.29, 0.717) is 0 Å². The number of hydrogen-bond acceptors (Lipinski definition) is 1. The molecule has 1 heterocycles. The summed E-state index contributed by atoms with van der Waals surface area (Å²) in [5.74, 6) is -0.803. The third kappa shape index (κ3) is 2.26. The van der Waals surface area contributed by atoms with E-state index in [2.05, 4.69) is 4.98 Å². The molecule has 0 saturated carbocycles. The van der Waals surface area contributed by atoms with Gasteiger partial charge in [0.1, 0.15) is 0 Å². The maximum atomic E-state index is 10.5. The summed E-state index contributed by atoms with van der Waals surface area (Å²) in [5.41, 5.74) is 2.92. The van der Waals surface area contributed by atoms with Gasteiger partial charge in [0, 0.05) is 11.9 Å². The van der Waals surface area contributed by atoms with Crippen molar-refractivity contribution in [2.24, 2.45) is 0 Å². The first kappa shape index (κ1) is 9.52. The van der Waals surface area contributed by atoms with Crippen LogP contribution in [0.5, 0.6) is 0 Å². The van der Waals surface area contributed by atoms with Crippen LogP contribution in [0.3, 0.4) is 0 Å². The zero-order valence-corrected chi connectivity index (χ0v) is 8.10. The topological polar surface area (TPSA) is 53.1 Å². The number of carboxylic acids is 1. The van der Waals surface area contributed by atoms with E-state index in [1.807, 2.05) is 42.6 Å². The fraction of sp³-hybridized carbons (Fsp3) is 0.0833. The number of H-pyrrole nitrogens is 1. The molecule has 0 aliphatic heterocycles. The number of aromatic amines is 1. The average molecular weight is 201 g/mol. The van der Waals surface area contributed by atoms with Gasteiger partial charge >= 0.3 is 5.97 Å². The van der Waals surface area contributed by atoms with Crippen LogP contribution in [0.15, 0.2) is 42.6 Å². The molecule has 0 atom stereocenters. The summed E-state index contributed by atoms with van der Waals surface area (Å²) in [7, 11) is 0. The van der Waals surface area contributed by atoms with Crippen molar-refractivity contribution in [3.8, 4) is 11.3 Å². The van der Waals surface area contributed by atoms with Gasteiger partial charge in [-0.2, -0.15) is 0 Å². The van der Waals surface area contributed by atoms with Crippen molar-refractivity contribution in [3.63, 3.8) is 0 Å². The minimum atomic E-state index is -0.803. The van der Waals surface area contributed by atoms with Gasteiger partial charge in [-0.05, 0) is 23.3 Å². The molecule has 76 valence electrons. The van der Waals surface area contributed by atoms with Gasteiger partial charge in [-0.1, -0.05) is 24.3 Å². The fourth-order valence-electron chi connectivity index (χ4n) is 1.49. The van der Waals surface area contributed by atoms with E-state index in [1.54, 1.807) is 0 Å². The summed E-state index contributed by atoms with van der Waals surface area (Å²) in [4.78, 5) is 13.6. The van der Waals surface area contributed by atoms with Crippen LogP contribution >= 0.6 is 0 Å². The van der Waals surface area contributed by atoms with Crippen molar-refractivity contribution in [2.45, 2.75) is 6.42 Å². The van der Waals surface area contributed by atoms with Crippen LogP contribution in [0.4, 0.5) is 0 Å². The molecule has 2 rings (SSSR count). The maximum Gasteiger partial charge on any atom is 0.307 e. The summed E-state index contributed by atoms with van der Waals surface area (Å²) in [6.07, 6.45) is 1.94. The molecule has 0 aliphatic carbocycles. The second-order valence-electron chi connectivity index (χ2n) is 3.35. The zero-order valence-electron chi connectivity index (χ0n) is 8.10. The first-order valence-corrected chi connectivity index (χ1v) is 4.70. The Morgan fingerprint density at radius 2 is 1.93 bits per heavy atom. The number of carboxylic acid groups (broad SMARTS) is 1. The van der Waals surface area contributed by atoms with Crippen LogP contribution in [0.1, 0.15) is 5.56 Å². The van der Waals surface area contributed by atoms with E-state index in [4.69, 9.17) is 5.11 Å². The van der Waals surface area contributed by atoms with Crippen LogP contribution < -0.4 is 0 Å². The molecule has 0 unspecified atom stereocenters. The van der Waals surface area contributed by atoms with Gasteiger partial charge in [0.15, 0.2) is 0 Å². The number of nitrogens with one attached hydrogen (secondary N) is 1. The third-order valence-corrected chi connectivity index (χ3v) is 2.22. The molecule has 15 heavy (non-hydrogen) atoms. The SMILES string of the molecule is O=C(O)Cc1ccc(-c2ccc[nH]2)cc1. The predicted molar refractivity (Wildman–Crippen MR) is 57.6 cm³/mol. The van der Waals surface area contributed by atoms with E-state index in [9.17, 15) is 4.79 Å². The Labute approximate surface area is 87.4 Å². The Balaban J connectivity index is 2.21. The fourth-order valence-corrected chi connectivity index (χ4v) is 1.49. The molecule has 3 nitrogen and oxygen atoms in total. The number of carbonyl (C=O) groups is 1. The van der Waals surface area contributed by atoms with Gasteiger partial charge in [0.25, 0.3) is 0 Å². The molecule has 0 fully saturated rings. The first-order valence-electron chi connectivity index (χ1n) is 4.70. The quantitative estimate of drug-likeness (QED) is 0.800. The molecule has 0 aliphatic rings. The van der Waals surface area contributed by atoms with Crippen LogP contribution in [0.25, 0.3) is 11.3 Å². The Morgan fingerprint density at radius 3 is 2.47 bits per heavy atom. The normalized spacial score (nSPS) is 10.1. The minimum Gasteiger partial charge on any atom is -0.481 e. The van der Waals surface area contributed by atoms with Gasteiger partial charge in [0.05, 0.1) is 6.42 Å². The highest BCUT2D eigenvalue weighted by Crippen LogP contribution is 2.17. The standard InChI is InChI=1S/C12H11NO2/c14-12(15)8-9-3-5-10(6-4-9)11-2-1-7-13-11/h1-7,13H,8H2,(H,14,15). The van der Waals surface area contributed by atoms with E-state index in [1.165, 1.54) is 0 Å². The van der Waals surface area contributed by atoms with Gasteiger partial charge in [0.2, 0.25) is 0 Å². The number of hydrogen-bond donors (Lipinski definition) is 2. The van der Waals surface area contributed by atoms with Crippen molar-refractivity contribution >= 4 is 5.97 Å². The zero-order chi connectivity index (χ0) is 10.7. The smallest absolute Gasteiger partial charge is 0.307 e. The molecule has 0 amide bonds. The number of aromatic nitrogens is 1. The van der Waals surface area contributed by atoms with Crippen LogP contribution in [0, 0.1) is 0 Å². The second kappa shape index (κ2) is 4.00. The predicted octanol–water partition coefficient (Wildman–Crippen LogP) is 2.31. The van der Waals surface area contributed by atoms with Crippen LogP contribution in [-0.4, -0.2) is 16.1 Å². The second-order valence-corrected chi connectivity index (χ2v) is 3.35. The number of rotatable bonds is 3. The highest BCUT2D eigenvalue weighted by atomic mass is 16.4. The molecule has 1 aromatic heterocycles. The third-order valence-electron chi connectivity index (χ3n) is 2.22. The lowest BCUT2D eigenvalue weighted by atomic mass is 10.1. The summed E-state index contributed by atoms with van der Waals surface area (Å²) in [6.45, 7) is 0. The molecule has 0 saturated heterocycles. The summed E-state index contributed by atoms with van der Waals surface area (Å²) < 4.78 is 0. The van der Waals surface area contributed by atoms with Crippen molar-refractivity contribution in [2.75, 3.05) is 0 Å². The van der Waals surface area contributed by atoms with E-state index in [0.717, 1.165) is 16.8 Å². The Kier molecular flexibility index (Phi) is 2.54. The molecule has 3 heteroatoms. The van der Waals surface area contributed by atoms with E-state index in [-0.39, 0.29) is 6.42 Å². The molecule has 0 spiro atoms.